The lowest BCUT2D eigenvalue weighted by atomic mass is 9.72. The maximum Gasteiger partial charge on any atom is 0.257 e. The molecular weight excluding hydrogens is 420 g/mol. The number of nitrogens with one attached hydrogen (secondary N) is 1. The molecule has 2 heterocycles. The molecule has 0 radical (unpaired) electrons. The summed E-state index contributed by atoms with van der Waals surface area (Å²) in [5, 5.41) is 3.77. The first-order chi connectivity index (χ1) is 15.1. The van der Waals surface area contributed by atoms with Gasteiger partial charge in [-0.1, -0.05) is 39.0 Å². The molecule has 1 aromatic heterocycles. The summed E-state index contributed by atoms with van der Waals surface area (Å²) in [5.74, 6) is 0.411. The van der Waals surface area contributed by atoms with Crippen molar-refractivity contribution < 1.29 is 14.3 Å². The molecular formula is C26H34N2O3S. The number of rotatable bonds is 3. The fourth-order valence-electron chi connectivity index (χ4n) is 4.91. The third kappa shape index (κ3) is 4.76. The van der Waals surface area contributed by atoms with Crippen molar-refractivity contribution in [3.05, 3.63) is 51.9 Å². The van der Waals surface area contributed by atoms with Gasteiger partial charge in [-0.05, 0) is 62.1 Å². The zero-order valence-electron chi connectivity index (χ0n) is 19.7. The normalized spacial score (nSPS) is 23.5. The Kier molecular flexibility index (Phi) is 6.46. The third-order valence-corrected chi connectivity index (χ3v) is 7.84. The maximum absolute atomic E-state index is 13.8. The lowest BCUT2D eigenvalue weighted by Gasteiger charge is -2.36. The molecule has 32 heavy (non-hydrogen) atoms. The van der Waals surface area contributed by atoms with Crippen LogP contribution in [0.3, 0.4) is 0 Å². The van der Waals surface area contributed by atoms with Crippen LogP contribution in [-0.4, -0.2) is 42.0 Å². The zero-order valence-corrected chi connectivity index (χ0v) is 20.6. The molecule has 6 heteroatoms. The van der Waals surface area contributed by atoms with Crippen LogP contribution in [0.25, 0.3) is 0 Å². The van der Waals surface area contributed by atoms with E-state index in [1.807, 2.05) is 36.9 Å². The van der Waals surface area contributed by atoms with E-state index in [4.69, 9.17) is 4.74 Å². The van der Waals surface area contributed by atoms with Crippen molar-refractivity contribution in [2.24, 2.45) is 11.3 Å². The highest BCUT2D eigenvalue weighted by Crippen LogP contribution is 2.45. The van der Waals surface area contributed by atoms with Crippen LogP contribution in [-0.2, 0) is 17.6 Å². The predicted octanol–water partition coefficient (Wildman–Crippen LogP) is 5.40. The van der Waals surface area contributed by atoms with Crippen LogP contribution < -0.4 is 5.32 Å². The van der Waals surface area contributed by atoms with Crippen LogP contribution in [0.1, 0.15) is 72.2 Å². The van der Waals surface area contributed by atoms with Crippen molar-refractivity contribution in [2.75, 3.05) is 18.4 Å². The van der Waals surface area contributed by atoms with Crippen molar-refractivity contribution in [1.82, 2.24) is 4.90 Å². The number of thiophene rings is 1. The average Bonchev–Trinajstić information content (AvgIpc) is 3.09. The number of fused-ring (bicyclic) bond motifs is 1. The maximum atomic E-state index is 13.8. The molecule has 5 nitrogen and oxygen atoms in total. The highest BCUT2D eigenvalue weighted by atomic mass is 32.1. The molecule has 1 aromatic carbocycles. The number of morpholine rings is 1. The van der Waals surface area contributed by atoms with E-state index in [2.05, 4.69) is 26.1 Å². The monoisotopic (exact) mass is 454 g/mol. The molecule has 0 saturated carbocycles. The number of hydrogen-bond acceptors (Lipinski definition) is 4. The van der Waals surface area contributed by atoms with E-state index in [1.54, 1.807) is 23.5 Å². The Hall–Kier alpha value is -2.18. The summed E-state index contributed by atoms with van der Waals surface area (Å²) in [6.07, 6.45) is 2.91. The number of carbonyl (C=O) groups is 2. The summed E-state index contributed by atoms with van der Waals surface area (Å²) in [6, 6.07) is 9.19. The van der Waals surface area contributed by atoms with Crippen molar-refractivity contribution in [1.29, 1.82) is 0 Å². The SMILES string of the molecule is C[C@@H]1CN(C(=O)c2c(NC(=O)c3ccccc3)sc3c2CC[C@H](C(C)(C)C)C3)C[C@@H](C)O1. The van der Waals surface area contributed by atoms with Crippen LogP contribution in [0, 0.1) is 11.3 Å². The Balaban J connectivity index is 1.69. The molecule has 0 spiro atoms. The van der Waals surface area contributed by atoms with Crippen LogP contribution >= 0.6 is 11.3 Å². The third-order valence-electron chi connectivity index (χ3n) is 6.67. The lowest BCUT2D eigenvalue weighted by Crippen LogP contribution is -2.48. The number of hydrogen-bond donors (Lipinski definition) is 1. The number of anilines is 1. The minimum atomic E-state index is -0.172. The van der Waals surface area contributed by atoms with Crippen molar-refractivity contribution in [3.63, 3.8) is 0 Å². The number of amides is 2. The van der Waals surface area contributed by atoms with Crippen molar-refractivity contribution in [3.8, 4) is 0 Å². The first kappa shape index (κ1) is 23.0. The van der Waals surface area contributed by atoms with Gasteiger partial charge < -0.3 is 15.0 Å². The molecule has 1 fully saturated rings. The second-order valence-electron chi connectivity index (χ2n) is 10.3. The Labute approximate surface area is 195 Å². The molecule has 0 unspecified atom stereocenters. The second-order valence-corrected chi connectivity index (χ2v) is 11.4. The second kappa shape index (κ2) is 8.99. The molecule has 1 N–H and O–H groups in total. The fourth-order valence-corrected chi connectivity index (χ4v) is 6.22. The van der Waals surface area contributed by atoms with Gasteiger partial charge >= 0.3 is 0 Å². The largest absolute Gasteiger partial charge is 0.372 e. The molecule has 2 amide bonds. The highest BCUT2D eigenvalue weighted by Gasteiger charge is 2.36. The smallest absolute Gasteiger partial charge is 0.257 e. The highest BCUT2D eigenvalue weighted by molar-refractivity contribution is 7.17. The van der Waals surface area contributed by atoms with E-state index in [0.29, 0.717) is 35.1 Å². The summed E-state index contributed by atoms with van der Waals surface area (Å²) in [4.78, 5) is 29.9. The van der Waals surface area contributed by atoms with Gasteiger partial charge in [0.15, 0.2) is 0 Å². The average molecular weight is 455 g/mol. The minimum absolute atomic E-state index is 0.00444. The van der Waals surface area contributed by atoms with Gasteiger partial charge in [0.25, 0.3) is 11.8 Å². The molecule has 0 bridgehead atoms. The van der Waals surface area contributed by atoms with E-state index in [-0.39, 0.29) is 29.4 Å². The van der Waals surface area contributed by atoms with Crippen LogP contribution in [0.5, 0.6) is 0 Å². The molecule has 172 valence electrons. The fraction of sp³-hybridized carbons (Fsp3) is 0.538. The number of nitrogens with zero attached hydrogens (tertiary/aromatic N) is 1. The first-order valence-electron chi connectivity index (χ1n) is 11.6. The molecule has 1 aliphatic carbocycles. The van der Waals surface area contributed by atoms with Gasteiger partial charge in [-0.3, -0.25) is 9.59 Å². The van der Waals surface area contributed by atoms with Crippen LogP contribution in [0.4, 0.5) is 5.00 Å². The van der Waals surface area contributed by atoms with Gasteiger partial charge in [-0.2, -0.15) is 0 Å². The Morgan fingerprint density at radius 2 is 1.75 bits per heavy atom. The van der Waals surface area contributed by atoms with Gasteiger partial charge in [0.2, 0.25) is 0 Å². The number of carbonyl (C=O) groups excluding carboxylic acids is 2. The lowest BCUT2D eigenvalue weighted by molar-refractivity contribution is -0.0586. The van der Waals surface area contributed by atoms with Gasteiger partial charge in [-0.15, -0.1) is 11.3 Å². The first-order valence-corrected chi connectivity index (χ1v) is 12.4. The minimum Gasteiger partial charge on any atom is -0.372 e. The van der Waals surface area contributed by atoms with E-state index in [1.165, 1.54) is 4.88 Å². The van der Waals surface area contributed by atoms with Gasteiger partial charge in [0.1, 0.15) is 5.00 Å². The summed E-state index contributed by atoms with van der Waals surface area (Å²) in [7, 11) is 0. The van der Waals surface area contributed by atoms with E-state index in [0.717, 1.165) is 24.8 Å². The zero-order chi connectivity index (χ0) is 23.0. The molecule has 4 rings (SSSR count). The molecule has 1 aliphatic heterocycles. The summed E-state index contributed by atoms with van der Waals surface area (Å²) in [5.41, 5.74) is 2.64. The van der Waals surface area contributed by atoms with E-state index < -0.39 is 0 Å². The quantitative estimate of drug-likeness (QED) is 0.675. The Morgan fingerprint density at radius 1 is 1.09 bits per heavy atom. The molecule has 2 aromatic rings. The van der Waals surface area contributed by atoms with Crippen LogP contribution in [0.15, 0.2) is 30.3 Å². The predicted molar refractivity (Wildman–Crippen MR) is 130 cm³/mol. The van der Waals surface area contributed by atoms with Gasteiger partial charge in [0.05, 0.1) is 17.8 Å². The summed E-state index contributed by atoms with van der Waals surface area (Å²) >= 11 is 1.59. The summed E-state index contributed by atoms with van der Waals surface area (Å²) < 4.78 is 5.84. The van der Waals surface area contributed by atoms with Gasteiger partial charge in [-0.25, -0.2) is 0 Å². The summed E-state index contributed by atoms with van der Waals surface area (Å²) in [6.45, 7) is 12.0. The van der Waals surface area contributed by atoms with Gasteiger partial charge in [0, 0.05) is 23.5 Å². The molecule has 1 saturated heterocycles. The standard InChI is InChI=1S/C26H34N2O3S/c1-16-14-28(15-17(2)31-16)25(30)22-20-12-11-19(26(3,4)5)13-21(20)32-24(22)27-23(29)18-9-7-6-8-10-18/h6-10,16-17,19H,11-15H2,1-5H3,(H,27,29)/t16-,17-,19+/m1/s1. The van der Waals surface area contributed by atoms with E-state index >= 15 is 0 Å². The molecule has 3 atom stereocenters. The topological polar surface area (TPSA) is 58.6 Å². The molecule has 2 aliphatic rings. The Morgan fingerprint density at radius 3 is 2.38 bits per heavy atom. The van der Waals surface area contributed by atoms with Crippen molar-refractivity contribution >= 4 is 28.2 Å². The Bertz CT molecular complexity index is 982. The number of benzene rings is 1. The van der Waals surface area contributed by atoms with Crippen molar-refractivity contribution in [2.45, 2.75) is 66.1 Å². The number of ether oxygens (including phenoxy) is 1. The van der Waals surface area contributed by atoms with Crippen LogP contribution in [0.2, 0.25) is 0 Å². The van der Waals surface area contributed by atoms with E-state index in [9.17, 15) is 9.59 Å².